The Labute approximate surface area is 124 Å². The lowest BCUT2D eigenvalue weighted by atomic mass is 10.1. The van der Waals surface area contributed by atoms with Gasteiger partial charge in [0.05, 0.1) is 0 Å². The number of carbonyl (C=O) groups excluding carboxylic acids is 1. The van der Waals surface area contributed by atoms with Crippen LogP contribution in [0.1, 0.15) is 30.3 Å². The van der Waals surface area contributed by atoms with E-state index in [9.17, 15) is 4.79 Å². The Morgan fingerprint density at radius 1 is 1.35 bits per heavy atom. The van der Waals surface area contributed by atoms with Crippen molar-refractivity contribution < 1.29 is 4.79 Å². The van der Waals surface area contributed by atoms with Crippen LogP contribution >= 0.6 is 11.6 Å². The first kappa shape index (κ1) is 14.8. The van der Waals surface area contributed by atoms with Crippen molar-refractivity contribution in [2.75, 3.05) is 12.4 Å². The van der Waals surface area contributed by atoms with Crippen LogP contribution in [0, 0.1) is 5.92 Å². The van der Waals surface area contributed by atoms with Crippen molar-refractivity contribution in [1.82, 2.24) is 10.3 Å². The van der Waals surface area contributed by atoms with Crippen LogP contribution in [0.5, 0.6) is 0 Å². The largest absolute Gasteiger partial charge is 0.351 e. The second-order valence-corrected chi connectivity index (χ2v) is 5.35. The molecule has 1 amide bonds. The molecule has 2 rings (SSSR count). The first-order valence-corrected chi connectivity index (χ1v) is 7.43. The number of halogens is 1. The summed E-state index contributed by atoms with van der Waals surface area (Å²) in [5.41, 5.74) is 0.494. The van der Waals surface area contributed by atoms with E-state index < -0.39 is 0 Å². The lowest BCUT2D eigenvalue weighted by molar-refractivity contribution is 0.0949. The Balaban J connectivity index is 1.98. The zero-order chi connectivity index (χ0) is 14.4. The molecule has 0 bridgehead atoms. The fraction of sp³-hybridized carbons (Fsp3) is 0.375. The summed E-state index contributed by atoms with van der Waals surface area (Å²) in [6.07, 6.45) is 3.63. The maximum atomic E-state index is 12.2. The highest BCUT2D eigenvalue weighted by Gasteiger charge is 2.10. The van der Waals surface area contributed by atoms with E-state index in [1.807, 2.05) is 30.3 Å². The van der Waals surface area contributed by atoms with Gasteiger partial charge in [-0.25, -0.2) is 0 Å². The summed E-state index contributed by atoms with van der Waals surface area (Å²) in [4.78, 5) is 16.4. The number of fused-ring (bicyclic) bond motifs is 1. The molecule has 1 heterocycles. The van der Waals surface area contributed by atoms with Gasteiger partial charge in [0, 0.05) is 24.0 Å². The number of amides is 1. The van der Waals surface area contributed by atoms with Crippen molar-refractivity contribution in [2.45, 2.75) is 19.8 Å². The molecule has 0 radical (unpaired) electrons. The van der Waals surface area contributed by atoms with Crippen LogP contribution in [0.3, 0.4) is 0 Å². The molecular weight excluding hydrogens is 272 g/mol. The third-order valence-electron chi connectivity index (χ3n) is 3.31. The first-order valence-electron chi connectivity index (χ1n) is 6.90. The van der Waals surface area contributed by atoms with Gasteiger partial charge >= 0.3 is 0 Å². The highest BCUT2D eigenvalue weighted by atomic mass is 35.5. The maximum absolute atomic E-state index is 12.2. The molecular formula is C16H19ClN2O. The monoisotopic (exact) mass is 290 g/mol. The Kier molecular flexibility index (Phi) is 5.36. The van der Waals surface area contributed by atoms with E-state index in [4.69, 9.17) is 11.6 Å². The molecule has 20 heavy (non-hydrogen) atoms. The highest BCUT2D eigenvalue weighted by Crippen LogP contribution is 2.16. The predicted molar refractivity (Wildman–Crippen MR) is 83.2 cm³/mol. The Hall–Kier alpha value is -1.61. The molecule has 1 N–H and O–H groups in total. The van der Waals surface area contributed by atoms with E-state index in [0.29, 0.717) is 24.0 Å². The molecule has 1 unspecified atom stereocenters. The molecule has 4 heteroatoms. The van der Waals surface area contributed by atoms with E-state index in [2.05, 4.69) is 17.2 Å². The predicted octanol–water partition coefficient (Wildman–Crippen LogP) is 3.62. The third-order valence-corrected chi connectivity index (χ3v) is 3.84. The van der Waals surface area contributed by atoms with Crippen LogP contribution in [-0.4, -0.2) is 23.3 Å². The van der Waals surface area contributed by atoms with Gasteiger partial charge in [0.15, 0.2) is 0 Å². The molecule has 0 saturated heterocycles. The van der Waals surface area contributed by atoms with Gasteiger partial charge in [-0.2, -0.15) is 0 Å². The van der Waals surface area contributed by atoms with Crippen molar-refractivity contribution in [3.63, 3.8) is 0 Å². The van der Waals surface area contributed by atoms with Crippen molar-refractivity contribution in [2.24, 2.45) is 5.92 Å². The SMILES string of the molecule is CC(CCl)CCCNC(=O)c1nccc2ccccc12. The molecule has 106 valence electrons. The number of carbonyl (C=O) groups is 1. The number of benzene rings is 1. The molecule has 3 nitrogen and oxygen atoms in total. The minimum atomic E-state index is -0.111. The van der Waals surface area contributed by atoms with Gasteiger partial charge in [0.2, 0.25) is 0 Å². The standard InChI is InChI=1S/C16H19ClN2O/c1-12(11-17)5-4-9-19-16(20)15-14-7-3-2-6-13(14)8-10-18-15/h2-3,6-8,10,12H,4-5,9,11H2,1H3,(H,19,20). The molecule has 2 aromatic rings. The van der Waals surface area contributed by atoms with Crippen molar-refractivity contribution >= 4 is 28.3 Å². The smallest absolute Gasteiger partial charge is 0.270 e. The van der Waals surface area contributed by atoms with Crippen molar-refractivity contribution in [3.8, 4) is 0 Å². The second kappa shape index (κ2) is 7.25. The number of pyridine rings is 1. The van der Waals surface area contributed by atoms with Crippen molar-refractivity contribution in [1.29, 1.82) is 0 Å². The molecule has 1 aromatic heterocycles. The molecule has 0 fully saturated rings. The van der Waals surface area contributed by atoms with E-state index >= 15 is 0 Å². The van der Waals surface area contributed by atoms with Gasteiger partial charge in [-0.3, -0.25) is 9.78 Å². The molecule has 0 aliphatic rings. The summed E-state index contributed by atoms with van der Waals surface area (Å²) in [5.74, 6) is 1.04. The summed E-state index contributed by atoms with van der Waals surface area (Å²) < 4.78 is 0. The lowest BCUT2D eigenvalue weighted by Crippen LogP contribution is -2.25. The van der Waals surface area contributed by atoms with Gasteiger partial charge in [-0.05, 0) is 30.2 Å². The third kappa shape index (κ3) is 3.70. The number of hydrogen-bond donors (Lipinski definition) is 1. The van der Waals surface area contributed by atoms with Crippen LogP contribution < -0.4 is 5.32 Å². The number of nitrogens with one attached hydrogen (secondary N) is 1. The Bertz CT molecular complexity index is 580. The Morgan fingerprint density at radius 3 is 2.95 bits per heavy atom. The zero-order valence-corrected chi connectivity index (χ0v) is 12.4. The average Bonchev–Trinajstić information content (AvgIpc) is 2.50. The Morgan fingerprint density at radius 2 is 2.15 bits per heavy atom. The minimum absolute atomic E-state index is 0.111. The number of hydrogen-bond acceptors (Lipinski definition) is 2. The molecule has 0 aliphatic carbocycles. The molecule has 0 spiro atoms. The van der Waals surface area contributed by atoms with E-state index in [1.165, 1.54) is 0 Å². The van der Waals surface area contributed by atoms with Crippen LogP contribution in [0.4, 0.5) is 0 Å². The second-order valence-electron chi connectivity index (χ2n) is 5.04. The van der Waals surface area contributed by atoms with Gasteiger partial charge in [-0.15, -0.1) is 11.6 Å². The number of rotatable bonds is 6. The van der Waals surface area contributed by atoms with Crippen molar-refractivity contribution in [3.05, 3.63) is 42.2 Å². The quantitative estimate of drug-likeness (QED) is 0.652. The zero-order valence-electron chi connectivity index (χ0n) is 11.6. The summed E-state index contributed by atoms with van der Waals surface area (Å²) in [7, 11) is 0. The lowest BCUT2D eigenvalue weighted by Gasteiger charge is -2.09. The normalized spacial score (nSPS) is 12.3. The van der Waals surface area contributed by atoms with Gasteiger partial charge in [0.25, 0.3) is 5.91 Å². The van der Waals surface area contributed by atoms with Crippen LogP contribution in [-0.2, 0) is 0 Å². The summed E-state index contributed by atoms with van der Waals surface area (Å²) in [6.45, 7) is 2.77. The highest BCUT2D eigenvalue weighted by molar-refractivity contribution is 6.18. The molecule has 0 aliphatic heterocycles. The fourth-order valence-corrected chi connectivity index (χ4v) is 2.27. The molecule has 0 saturated carbocycles. The number of alkyl halides is 1. The van der Waals surface area contributed by atoms with Crippen LogP contribution in [0.2, 0.25) is 0 Å². The average molecular weight is 291 g/mol. The van der Waals surface area contributed by atoms with Gasteiger partial charge in [0.1, 0.15) is 5.69 Å². The minimum Gasteiger partial charge on any atom is -0.351 e. The topological polar surface area (TPSA) is 42.0 Å². The fourth-order valence-electron chi connectivity index (χ4n) is 2.11. The van der Waals surface area contributed by atoms with E-state index in [0.717, 1.165) is 23.6 Å². The van der Waals surface area contributed by atoms with Gasteiger partial charge in [-0.1, -0.05) is 31.2 Å². The molecule has 1 aromatic carbocycles. The maximum Gasteiger partial charge on any atom is 0.270 e. The summed E-state index contributed by atoms with van der Waals surface area (Å²) >= 11 is 5.76. The molecule has 1 atom stereocenters. The van der Waals surface area contributed by atoms with Gasteiger partial charge < -0.3 is 5.32 Å². The number of nitrogens with zero attached hydrogens (tertiary/aromatic N) is 1. The van der Waals surface area contributed by atoms with E-state index in [1.54, 1.807) is 6.20 Å². The summed E-state index contributed by atoms with van der Waals surface area (Å²) in [5, 5.41) is 4.85. The van der Waals surface area contributed by atoms with Crippen LogP contribution in [0.15, 0.2) is 36.5 Å². The first-order chi connectivity index (χ1) is 9.72. The van der Waals surface area contributed by atoms with Crippen LogP contribution in [0.25, 0.3) is 10.8 Å². The summed E-state index contributed by atoms with van der Waals surface area (Å²) in [6, 6.07) is 9.69. The number of aromatic nitrogens is 1. The van der Waals surface area contributed by atoms with E-state index in [-0.39, 0.29) is 5.91 Å².